The molecule has 0 spiro atoms. The first kappa shape index (κ1) is 12.8. The molecule has 0 radical (unpaired) electrons. The maximum atomic E-state index is 4.71. The Morgan fingerprint density at radius 1 is 1.20 bits per heavy atom. The zero-order valence-corrected chi connectivity index (χ0v) is 11.7. The van der Waals surface area contributed by atoms with Gasteiger partial charge in [0.1, 0.15) is 5.82 Å². The van der Waals surface area contributed by atoms with Crippen molar-refractivity contribution in [1.82, 2.24) is 19.9 Å². The normalized spacial score (nSPS) is 12.7. The number of fused-ring (bicyclic) bond motifs is 1. The summed E-state index contributed by atoms with van der Waals surface area (Å²) in [7, 11) is 2.06. The number of imidazole rings is 1. The van der Waals surface area contributed by atoms with Gasteiger partial charge in [0.25, 0.3) is 0 Å². The molecule has 20 heavy (non-hydrogen) atoms. The molecule has 102 valence electrons. The fourth-order valence-electron chi connectivity index (χ4n) is 2.42. The molecule has 4 nitrogen and oxygen atoms in total. The third kappa shape index (κ3) is 2.42. The molecular weight excluding hydrogens is 248 g/mol. The fraction of sp³-hybridized carbons (Fsp3) is 0.250. The quantitative estimate of drug-likeness (QED) is 0.789. The first-order valence-corrected chi connectivity index (χ1v) is 6.79. The zero-order valence-electron chi connectivity index (χ0n) is 11.7. The maximum absolute atomic E-state index is 4.71. The largest absolute Gasteiger partial charge is 0.330 e. The number of nitrogens with zero attached hydrogens (tertiary/aromatic N) is 3. The van der Waals surface area contributed by atoms with Crippen LogP contribution in [0.3, 0.4) is 0 Å². The number of aromatic nitrogens is 3. The number of benzene rings is 1. The second-order valence-electron chi connectivity index (χ2n) is 4.98. The number of nitrogens with one attached hydrogen (secondary N) is 1. The summed E-state index contributed by atoms with van der Waals surface area (Å²) in [6.45, 7) is 2.93. The molecular formula is C16H18N4. The highest BCUT2D eigenvalue weighted by Crippen LogP contribution is 2.19. The monoisotopic (exact) mass is 266 g/mol. The molecule has 0 saturated heterocycles. The topological polar surface area (TPSA) is 42.7 Å². The summed E-state index contributed by atoms with van der Waals surface area (Å²) in [5, 5.41) is 3.49. The van der Waals surface area contributed by atoms with E-state index in [0.29, 0.717) is 0 Å². The Labute approximate surface area is 118 Å². The Balaban J connectivity index is 1.79. The molecule has 0 aliphatic heterocycles. The van der Waals surface area contributed by atoms with Crippen LogP contribution in [0, 0.1) is 0 Å². The number of rotatable bonds is 4. The lowest BCUT2D eigenvalue weighted by Gasteiger charge is -2.13. The fourth-order valence-corrected chi connectivity index (χ4v) is 2.42. The Morgan fingerprint density at radius 3 is 2.80 bits per heavy atom. The van der Waals surface area contributed by atoms with Crippen LogP contribution in [-0.2, 0) is 13.6 Å². The second kappa shape index (κ2) is 5.43. The lowest BCUT2D eigenvalue weighted by atomic mass is 10.2. The van der Waals surface area contributed by atoms with Crippen molar-refractivity contribution in [2.24, 2.45) is 7.05 Å². The molecule has 0 saturated carbocycles. The van der Waals surface area contributed by atoms with E-state index in [1.165, 1.54) is 5.56 Å². The van der Waals surface area contributed by atoms with Crippen molar-refractivity contribution in [2.45, 2.75) is 19.5 Å². The molecule has 1 unspecified atom stereocenters. The number of hydrogen-bond donors (Lipinski definition) is 1. The Bertz CT molecular complexity index is 703. The van der Waals surface area contributed by atoms with Gasteiger partial charge in [0.05, 0.1) is 17.1 Å². The lowest BCUT2D eigenvalue weighted by molar-refractivity contribution is 0.532. The molecule has 1 aromatic carbocycles. The van der Waals surface area contributed by atoms with Gasteiger partial charge in [-0.15, -0.1) is 0 Å². The summed E-state index contributed by atoms with van der Waals surface area (Å²) in [4.78, 5) is 8.84. The first-order chi connectivity index (χ1) is 9.75. The molecule has 0 aliphatic rings. The van der Waals surface area contributed by atoms with E-state index in [-0.39, 0.29) is 6.04 Å². The van der Waals surface area contributed by atoms with Gasteiger partial charge in [-0.1, -0.05) is 18.2 Å². The Kier molecular flexibility index (Phi) is 3.48. The highest BCUT2D eigenvalue weighted by Gasteiger charge is 2.13. The van der Waals surface area contributed by atoms with Gasteiger partial charge in [-0.2, -0.15) is 0 Å². The van der Waals surface area contributed by atoms with Crippen molar-refractivity contribution in [3.8, 4) is 0 Å². The van der Waals surface area contributed by atoms with E-state index in [0.717, 1.165) is 23.4 Å². The third-order valence-electron chi connectivity index (χ3n) is 3.54. The van der Waals surface area contributed by atoms with E-state index in [1.54, 1.807) is 6.20 Å². The van der Waals surface area contributed by atoms with Gasteiger partial charge in [-0.05, 0) is 30.7 Å². The summed E-state index contributed by atoms with van der Waals surface area (Å²) >= 11 is 0. The van der Waals surface area contributed by atoms with Crippen LogP contribution in [0.2, 0.25) is 0 Å². The van der Waals surface area contributed by atoms with E-state index in [1.807, 2.05) is 30.5 Å². The molecule has 0 bridgehead atoms. The van der Waals surface area contributed by atoms with Crippen molar-refractivity contribution in [3.05, 3.63) is 60.2 Å². The predicted molar refractivity (Wildman–Crippen MR) is 80.2 cm³/mol. The smallest absolute Gasteiger partial charge is 0.126 e. The average Bonchev–Trinajstić information content (AvgIpc) is 2.84. The molecule has 0 aliphatic carbocycles. The van der Waals surface area contributed by atoms with Crippen LogP contribution in [0.25, 0.3) is 11.0 Å². The number of hydrogen-bond acceptors (Lipinski definition) is 3. The second-order valence-corrected chi connectivity index (χ2v) is 4.98. The standard InChI is InChI=1S/C16H18N4/c1-12(18-11-13-6-5-9-17-10-13)16-19-14-7-3-4-8-15(14)20(16)2/h3-10,12,18H,11H2,1-2H3. The van der Waals surface area contributed by atoms with Crippen LogP contribution >= 0.6 is 0 Å². The van der Waals surface area contributed by atoms with E-state index in [9.17, 15) is 0 Å². The number of para-hydroxylation sites is 2. The van der Waals surface area contributed by atoms with E-state index < -0.39 is 0 Å². The molecule has 3 aromatic rings. The van der Waals surface area contributed by atoms with Gasteiger partial charge in [-0.25, -0.2) is 4.98 Å². The summed E-state index contributed by atoms with van der Waals surface area (Å²) in [5.41, 5.74) is 3.38. The van der Waals surface area contributed by atoms with Gasteiger partial charge in [0.2, 0.25) is 0 Å². The highest BCUT2D eigenvalue weighted by atomic mass is 15.1. The minimum Gasteiger partial charge on any atom is -0.330 e. The molecule has 1 atom stereocenters. The maximum Gasteiger partial charge on any atom is 0.126 e. The minimum atomic E-state index is 0.188. The van der Waals surface area contributed by atoms with E-state index in [4.69, 9.17) is 4.98 Å². The van der Waals surface area contributed by atoms with Crippen molar-refractivity contribution >= 4 is 11.0 Å². The van der Waals surface area contributed by atoms with E-state index in [2.05, 4.69) is 41.0 Å². The Morgan fingerprint density at radius 2 is 2.05 bits per heavy atom. The van der Waals surface area contributed by atoms with Crippen LogP contribution in [0.5, 0.6) is 0 Å². The van der Waals surface area contributed by atoms with Crippen LogP contribution < -0.4 is 5.32 Å². The van der Waals surface area contributed by atoms with Gasteiger partial charge < -0.3 is 9.88 Å². The number of pyridine rings is 1. The SMILES string of the molecule is CC(NCc1cccnc1)c1nc2ccccc2n1C. The predicted octanol–water partition coefficient (Wildman–Crippen LogP) is 2.82. The molecule has 2 aromatic heterocycles. The van der Waals surface area contributed by atoms with Gasteiger partial charge in [0, 0.05) is 26.0 Å². The van der Waals surface area contributed by atoms with Crippen molar-refractivity contribution in [3.63, 3.8) is 0 Å². The number of aryl methyl sites for hydroxylation is 1. The summed E-state index contributed by atoms with van der Waals surface area (Å²) < 4.78 is 2.15. The molecule has 2 heterocycles. The van der Waals surface area contributed by atoms with Crippen LogP contribution in [0.15, 0.2) is 48.8 Å². The zero-order chi connectivity index (χ0) is 13.9. The average molecular weight is 266 g/mol. The van der Waals surface area contributed by atoms with Gasteiger partial charge >= 0.3 is 0 Å². The highest BCUT2D eigenvalue weighted by molar-refractivity contribution is 5.75. The van der Waals surface area contributed by atoms with Crippen molar-refractivity contribution in [1.29, 1.82) is 0 Å². The molecule has 3 rings (SSSR count). The Hall–Kier alpha value is -2.20. The molecule has 4 heteroatoms. The van der Waals surface area contributed by atoms with Crippen LogP contribution in [0.4, 0.5) is 0 Å². The summed E-state index contributed by atoms with van der Waals surface area (Å²) in [5.74, 6) is 1.05. The van der Waals surface area contributed by atoms with Crippen molar-refractivity contribution in [2.75, 3.05) is 0 Å². The molecule has 1 N–H and O–H groups in total. The summed E-state index contributed by atoms with van der Waals surface area (Å²) in [6.07, 6.45) is 3.67. The van der Waals surface area contributed by atoms with E-state index >= 15 is 0 Å². The lowest BCUT2D eigenvalue weighted by Crippen LogP contribution is -2.21. The van der Waals surface area contributed by atoms with Crippen molar-refractivity contribution < 1.29 is 0 Å². The first-order valence-electron chi connectivity index (χ1n) is 6.79. The van der Waals surface area contributed by atoms with Gasteiger partial charge in [-0.3, -0.25) is 4.98 Å². The van der Waals surface area contributed by atoms with Crippen LogP contribution in [0.1, 0.15) is 24.4 Å². The molecule has 0 amide bonds. The minimum absolute atomic E-state index is 0.188. The van der Waals surface area contributed by atoms with Crippen LogP contribution in [-0.4, -0.2) is 14.5 Å². The third-order valence-corrected chi connectivity index (χ3v) is 3.54. The van der Waals surface area contributed by atoms with Gasteiger partial charge in [0.15, 0.2) is 0 Å². The molecule has 0 fully saturated rings. The summed E-state index contributed by atoms with van der Waals surface area (Å²) in [6, 6.07) is 12.4.